The van der Waals surface area contributed by atoms with Gasteiger partial charge in [-0.3, -0.25) is 9.69 Å². The molecule has 0 aliphatic carbocycles. The number of hydrogen-bond acceptors (Lipinski definition) is 10. The van der Waals surface area contributed by atoms with Crippen molar-refractivity contribution in [3.05, 3.63) is 70.9 Å². The van der Waals surface area contributed by atoms with E-state index in [1.807, 2.05) is 4.90 Å². The van der Waals surface area contributed by atoms with E-state index in [4.69, 9.17) is 14.1 Å². The quantitative estimate of drug-likeness (QED) is 0.318. The summed E-state index contributed by atoms with van der Waals surface area (Å²) in [5.74, 6) is -0.0370. The van der Waals surface area contributed by atoms with Crippen molar-refractivity contribution in [1.82, 2.24) is 25.4 Å². The van der Waals surface area contributed by atoms with Crippen molar-refractivity contribution in [2.45, 2.75) is 37.8 Å². The molecule has 0 radical (unpaired) electrons. The number of methoxy groups -OCH3 is 2. The van der Waals surface area contributed by atoms with Gasteiger partial charge < -0.3 is 19.7 Å². The maximum absolute atomic E-state index is 13.2. The molecule has 40 heavy (non-hydrogen) atoms. The largest absolute Gasteiger partial charge is 0.468 e. The Hall–Kier alpha value is -4.25. The van der Waals surface area contributed by atoms with E-state index in [0.717, 1.165) is 38.9 Å². The lowest BCUT2D eigenvalue weighted by Gasteiger charge is -2.47. The SMILES string of the molecule is COC(=O)C1=C(C)N=C(OC)N(CCCN2CCC(c3ccccc3)CC2)C1(NC=O)c1ccc2nonc2c1. The molecule has 3 heterocycles. The molecule has 2 aromatic carbocycles. The molecular weight excluding hydrogens is 512 g/mol. The van der Waals surface area contributed by atoms with Crippen LogP contribution in [0.4, 0.5) is 0 Å². The Morgan fingerprint density at radius 3 is 2.55 bits per heavy atom. The zero-order valence-corrected chi connectivity index (χ0v) is 23.0. The third kappa shape index (κ3) is 5.04. The number of carbonyl (C=O) groups is 2. The summed E-state index contributed by atoms with van der Waals surface area (Å²) < 4.78 is 15.8. The minimum atomic E-state index is -1.46. The molecule has 1 unspecified atom stereocenters. The molecule has 1 atom stereocenters. The predicted molar refractivity (Wildman–Crippen MR) is 148 cm³/mol. The molecule has 2 aliphatic rings. The van der Waals surface area contributed by atoms with Gasteiger partial charge in [0.25, 0.3) is 6.02 Å². The van der Waals surface area contributed by atoms with Gasteiger partial charge in [-0.1, -0.05) is 36.4 Å². The molecule has 1 fully saturated rings. The number of allylic oxidation sites excluding steroid dienone is 1. The van der Waals surface area contributed by atoms with Gasteiger partial charge in [-0.05, 0) is 79.7 Å². The van der Waals surface area contributed by atoms with Gasteiger partial charge in [0, 0.05) is 12.1 Å². The van der Waals surface area contributed by atoms with Crippen LogP contribution in [-0.4, -0.2) is 78.9 Å². The van der Waals surface area contributed by atoms with Gasteiger partial charge in [0.2, 0.25) is 6.41 Å². The first-order valence-electron chi connectivity index (χ1n) is 13.4. The molecule has 1 aromatic heterocycles. The first kappa shape index (κ1) is 27.3. The van der Waals surface area contributed by atoms with Gasteiger partial charge >= 0.3 is 5.97 Å². The monoisotopic (exact) mass is 546 g/mol. The molecule has 210 valence electrons. The van der Waals surface area contributed by atoms with E-state index in [1.165, 1.54) is 19.8 Å². The van der Waals surface area contributed by atoms with Gasteiger partial charge in [-0.25, -0.2) is 14.4 Å². The van der Waals surface area contributed by atoms with Crippen molar-refractivity contribution < 1.29 is 23.7 Å². The number of aliphatic imine (C=N–C) groups is 1. The van der Waals surface area contributed by atoms with Crippen molar-refractivity contribution in [1.29, 1.82) is 0 Å². The molecule has 2 aliphatic heterocycles. The average Bonchev–Trinajstić information content (AvgIpc) is 3.47. The van der Waals surface area contributed by atoms with Crippen molar-refractivity contribution in [3.8, 4) is 0 Å². The molecule has 0 saturated carbocycles. The van der Waals surface area contributed by atoms with Crippen LogP contribution in [0.15, 0.2) is 69.4 Å². The first-order valence-corrected chi connectivity index (χ1v) is 13.4. The minimum absolute atomic E-state index is 0.183. The summed E-state index contributed by atoms with van der Waals surface area (Å²) in [7, 11) is 2.82. The summed E-state index contributed by atoms with van der Waals surface area (Å²) >= 11 is 0. The fraction of sp³-hybridized carbons (Fsp3) is 0.414. The predicted octanol–water partition coefficient (Wildman–Crippen LogP) is 3.16. The Morgan fingerprint density at radius 2 is 1.85 bits per heavy atom. The van der Waals surface area contributed by atoms with Gasteiger partial charge in [0.15, 0.2) is 5.66 Å². The van der Waals surface area contributed by atoms with Gasteiger partial charge in [0.05, 0.1) is 19.9 Å². The molecule has 1 saturated heterocycles. The van der Waals surface area contributed by atoms with E-state index in [0.29, 0.717) is 41.2 Å². The van der Waals surface area contributed by atoms with Crippen LogP contribution in [-0.2, 0) is 24.7 Å². The highest BCUT2D eigenvalue weighted by atomic mass is 16.6. The van der Waals surface area contributed by atoms with E-state index in [1.54, 1.807) is 25.1 Å². The lowest BCUT2D eigenvalue weighted by molar-refractivity contribution is -0.138. The number of nitrogens with one attached hydrogen (secondary N) is 1. The van der Waals surface area contributed by atoms with Crippen LogP contribution in [0.2, 0.25) is 0 Å². The number of hydrogen-bond donors (Lipinski definition) is 1. The number of carbonyl (C=O) groups excluding carboxylic acids is 2. The molecule has 11 heteroatoms. The number of esters is 1. The second-order valence-electron chi connectivity index (χ2n) is 10.0. The van der Waals surface area contributed by atoms with Crippen LogP contribution in [0.25, 0.3) is 11.0 Å². The molecule has 1 N–H and O–H groups in total. The number of likely N-dealkylation sites (tertiary alicyclic amines) is 1. The summed E-state index contributed by atoms with van der Waals surface area (Å²) in [5.41, 5.74) is 2.09. The molecule has 0 spiro atoms. The van der Waals surface area contributed by atoms with Crippen LogP contribution in [0.1, 0.15) is 43.2 Å². The minimum Gasteiger partial charge on any atom is -0.468 e. The summed E-state index contributed by atoms with van der Waals surface area (Å²) in [6.07, 6.45) is 3.52. The number of piperidine rings is 1. The highest BCUT2D eigenvalue weighted by Crippen LogP contribution is 2.40. The Bertz CT molecular complexity index is 1410. The Morgan fingerprint density at radius 1 is 1.10 bits per heavy atom. The number of rotatable bonds is 9. The highest BCUT2D eigenvalue weighted by Gasteiger charge is 2.51. The zero-order valence-electron chi connectivity index (χ0n) is 23.0. The van der Waals surface area contributed by atoms with Crippen molar-refractivity contribution in [3.63, 3.8) is 0 Å². The van der Waals surface area contributed by atoms with Gasteiger partial charge in [-0.2, -0.15) is 0 Å². The topological polar surface area (TPSA) is 122 Å². The van der Waals surface area contributed by atoms with Crippen LogP contribution in [0, 0.1) is 0 Å². The maximum atomic E-state index is 13.2. The Balaban J connectivity index is 1.42. The molecular formula is C29H34N6O5. The van der Waals surface area contributed by atoms with E-state index < -0.39 is 11.6 Å². The van der Waals surface area contributed by atoms with Crippen LogP contribution < -0.4 is 5.32 Å². The Kier molecular flexibility index (Phi) is 8.11. The summed E-state index contributed by atoms with van der Waals surface area (Å²) in [6, 6.07) is 16.2. The number of ether oxygens (including phenoxy) is 2. The normalized spacial score (nSPS) is 20.4. The summed E-state index contributed by atoms with van der Waals surface area (Å²) in [5, 5.41) is 10.8. The molecule has 1 amide bonds. The van der Waals surface area contributed by atoms with E-state index >= 15 is 0 Å². The number of benzene rings is 2. The third-order valence-corrected chi connectivity index (χ3v) is 7.85. The second-order valence-corrected chi connectivity index (χ2v) is 10.0. The second kappa shape index (κ2) is 11.9. The van der Waals surface area contributed by atoms with E-state index in [9.17, 15) is 9.59 Å². The van der Waals surface area contributed by atoms with Gasteiger partial charge in [0.1, 0.15) is 16.6 Å². The van der Waals surface area contributed by atoms with Crippen LogP contribution >= 0.6 is 0 Å². The number of aromatic nitrogens is 2. The average molecular weight is 547 g/mol. The highest BCUT2D eigenvalue weighted by molar-refractivity contribution is 5.96. The molecule has 5 rings (SSSR count). The number of fused-ring (bicyclic) bond motifs is 1. The van der Waals surface area contributed by atoms with Crippen molar-refractivity contribution in [2.75, 3.05) is 40.4 Å². The Labute approximate surface area is 232 Å². The third-order valence-electron chi connectivity index (χ3n) is 7.85. The zero-order chi connectivity index (χ0) is 28.1. The van der Waals surface area contributed by atoms with E-state index in [-0.39, 0.29) is 11.6 Å². The van der Waals surface area contributed by atoms with Gasteiger partial charge in [-0.15, -0.1) is 0 Å². The van der Waals surface area contributed by atoms with Crippen molar-refractivity contribution in [2.24, 2.45) is 4.99 Å². The molecule has 11 nitrogen and oxygen atoms in total. The van der Waals surface area contributed by atoms with Crippen LogP contribution in [0.5, 0.6) is 0 Å². The standard InChI is InChI=1S/C29H34N6O5/c1-20-26(27(37)38-2)29(30-19-36,23-10-11-24-25(18-23)33-40-32-24)35(28(31-20)39-3)15-7-14-34-16-12-22(13-17-34)21-8-5-4-6-9-21/h4-6,8-11,18-19,22H,7,12-17H2,1-3H3,(H,30,36). The summed E-state index contributed by atoms with van der Waals surface area (Å²) in [6.45, 7) is 4.98. The van der Waals surface area contributed by atoms with Crippen molar-refractivity contribution >= 4 is 29.4 Å². The lowest BCUT2D eigenvalue weighted by atomic mass is 9.86. The lowest BCUT2D eigenvalue weighted by Crippen LogP contribution is -2.63. The van der Waals surface area contributed by atoms with E-state index in [2.05, 4.69) is 55.9 Å². The number of amides is 1. The fourth-order valence-electron chi connectivity index (χ4n) is 5.91. The number of nitrogens with zero attached hydrogens (tertiary/aromatic N) is 5. The molecule has 3 aromatic rings. The maximum Gasteiger partial charge on any atom is 0.340 e. The first-order chi connectivity index (χ1) is 19.5. The van der Waals surface area contributed by atoms with Crippen LogP contribution in [0.3, 0.4) is 0 Å². The molecule has 0 bridgehead atoms. The summed E-state index contributed by atoms with van der Waals surface area (Å²) in [4.78, 5) is 34.3. The fourth-order valence-corrected chi connectivity index (χ4v) is 5.91. The number of amidine groups is 1. The smallest absolute Gasteiger partial charge is 0.340 e.